The van der Waals surface area contributed by atoms with E-state index in [1.165, 1.54) is 12.8 Å². The molecule has 0 radical (unpaired) electrons. The van der Waals surface area contributed by atoms with Crippen LogP contribution in [0.25, 0.3) is 0 Å². The van der Waals surface area contributed by atoms with E-state index >= 15 is 0 Å². The van der Waals surface area contributed by atoms with E-state index in [0.717, 1.165) is 19.4 Å². The Morgan fingerprint density at radius 3 is 2.61 bits per heavy atom. The molecular formula is C11H20N6O. The number of aromatic nitrogens is 4. The lowest BCUT2D eigenvalue weighted by Gasteiger charge is -2.29. The van der Waals surface area contributed by atoms with Gasteiger partial charge in [-0.05, 0) is 32.2 Å². The molecule has 0 bridgehead atoms. The Balaban J connectivity index is 2.05. The Hall–Kier alpha value is -1.50. The Morgan fingerprint density at radius 1 is 1.33 bits per heavy atom. The van der Waals surface area contributed by atoms with Gasteiger partial charge in [-0.15, -0.1) is 10.2 Å². The number of nitrogens with one attached hydrogen (secondary N) is 1. The molecule has 18 heavy (non-hydrogen) atoms. The predicted octanol–water partition coefficient (Wildman–Crippen LogP) is 0.146. The van der Waals surface area contributed by atoms with Crippen molar-refractivity contribution in [1.82, 2.24) is 30.4 Å². The van der Waals surface area contributed by atoms with Crippen LogP contribution in [0.15, 0.2) is 0 Å². The molecule has 0 spiro atoms. The number of tetrazole rings is 1. The molecule has 1 amide bonds. The lowest BCUT2D eigenvalue weighted by atomic mass is 10.2. The fourth-order valence-corrected chi connectivity index (χ4v) is 2.35. The van der Waals surface area contributed by atoms with Crippen molar-refractivity contribution in [2.75, 3.05) is 27.2 Å². The van der Waals surface area contributed by atoms with E-state index in [4.69, 9.17) is 0 Å². The van der Waals surface area contributed by atoms with Crippen molar-refractivity contribution >= 4 is 5.91 Å². The van der Waals surface area contributed by atoms with E-state index in [1.807, 2.05) is 19.0 Å². The summed E-state index contributed by atoms with van der Waals surface area (Å²) in [5, 5.41) is 13.4. The first kappa shape index (κ1) is 12.9. The average molecular weight is 252 g/mol. The molecule has 0 aromatic carbocycles. The minimum atomic E-state index is -0.113. The van der Waals surface area contributed by atoms with Gasteiger partial charge < -0.3 is 9.80 Å². The zero-order chi connectivity index (χ0) is 13.0. The van der Waals surface area contributed by atoms with Crippen LogP contribution in [0.4, 0.5) is 0 Å². The first-order chi connectivity index (χ1) is 8.68. The third-order valence-electron chi connectivity index (χ3n) is 3.35. The van der Waals surface area contributed by atoms with Crippen LogP contribution >= 0.6 is 0 Å². The Morgan fingerprint density at radius 2 is 2.06 bits per heavy atom. The van der Waals surface area contributed by atoms with E-state index < -0.39 is 0 Å². The molecule has 0 aliphatic heterocycles. The molecule has 0 unspecified atom stereocenters. The molecule has 0 saturated heterocycles. The molecule has 1 saturated carbocycles. The molecular weight excluding hydrogens is 232 g/mol. The van der Waals surface area contributed by atoms with Crippen LogP contribution in [-0.2, 0) is 0 Å². The van der Waals surface area contributed by atoms with Crippen LogP contribution < -0.4 is 0 Å². The second-order valence-corrected chi connectivity index (χ2v) is 4.98. The number of hydrogen-bond acceptors (Lipinski definition) is 5. The monoisotopic (exact) mass is 252 g/mol. The van der Waals surface area contributed by atoms with Crippen LogP contribution in [0.1, 0.15) is 36.3 Å². The average Bonchev–Trinajstić information content (AvgIpc) is 3.01. The molecule has 7 heteroatoms. The van der Waals surface area contributed by atoms with E-state index in [0.29, 0.717) is 12.6 Å². The SMILES string of the molecule is CN(C)CCN(C(=O)c1nn[nH]n1)C1CCCC1. The number of hydrogen-bond donors (Lipinski definition) is 1. The van der Waals surface area contributed by atoms with E-state index in [1.54, 1.807) is 0 Å². The molecule has 0 atom stereocenters. The summed E-state index contributed by atoms with van der Waals surface area (Å²) in [6.07, 6.45) is 4.55. The second kappa shape index (κ2) is 5.90. The van der Waals surface area contributed by atoms with Crippen molar-refractivity contribution in [3.05, 3.63) is 5.82 Å². The maximum absolute atomic E-state index is 12.3. The topological polar surface area (TPSA) is 78.0 Å². The summed E-state index contributed by atoms with van der Waals surface area (Å²) in [6.45, 7) is 1.56. The summed E-state index contributed by atoms with van der Waals surface area (Å²) in [5.74, 6) is 0.0538. The van der Waals surface area contributed by atoms with Crippen molar-refractivity contribution in [3.8, 4) is 0 Å². The molecule has 1 aliphatic carbocycles. The van der Waals surface area contributed by atoms with Crippen molar-refractivity contribution in [2.45, 2.75) is 31.7 Å². The summed E-state index contributed by atoms with van der Waals surface area (Å²) in [4.78, 5) is 16.3. The molecule has 1 aromatic rings. The van der Waals surface area contributed by atoms with E-state index in [-0.39, 0.29) is 11.7 Å². The summed E-state index contributed by atoms with van der Waals surface area (Å²) in [5.41, 5.74) is 0. The highest BCUT2D eigenvalue weighted by atomic mass is 16.2. The first-order valence-electron chi connectivity index (χ1n) is 6.37. The maximum Gasteiger partial charge on any atom is 0.295 e. The highest BCUT2D eigenvalue weighted by Gasteiger charge is 2.29. The van der Waals surface area contributed by atoms with Crippen LogP contribution in [0.5, 0.6) is 0 Å². The van der Waals surface area contributed by atoms with Gasteiger partial charge in [-0.25, -0.2) is 0 Å². The van der Waals surface area contributed by atoms with Gasteiger partial charge in [0.05, 0.1) is 0 Å². The van der Waals surface area contributed by atoms with Gasteiger partial charge in [-0.3, -0.25) is 4.79 Å². The van der Waals surface area contributed by atoms with E-state index in [9.17, 15) is 4.79 Å². The van der Waals surface area contributed by atoms with Crippen LogP contribution in [0, 0.1) is 0 Å². The summed E-state index contributed by atoms with van der Waals surface area (Å²) >= 11 is 0. The highest BCUT2D eigenvalue weighted by Crippen LogP contribution is 2.24. The number of nitrogens with zero attached hydrogens (tertiary/aromatic N) is 5. The zero-order valence-electron chi connectivity index (χ0n) is 11.0. The summed E-state index contributed by atoms with van der Waals surface area (Å²) in [7, 11) is 4.01. The first-order valence-corrected chi connectivity index (χ1v) is 6.37. The number of H-pyrrole nitrogens is 1. The number of likely N-dealkylation sites (N-methyl/N-ethyl adjacent to an activating group) is 1. The molecule has 1 fully saturated rings. The Bertz CT molecular complexity index is 371. The highest BCUT2D eigenvalue weighted by molar-refractivity contribution is 5.90. The summed E-state index contributed by atoms with van der Waals surface area (Å²) in [6, 6.07) is 0.330. The van der Waals surface area contributed by atoms with Crippen molar-refractivity contribution < 1.29 is 4.79 Å². The minimum Gasteiger partial charge on any atom is -0.332 e. The zero-order valence-corrected chi connectivity index (χ0v) is 11.0. The van der Waals surface area contributed by atoms with Crippen molar-refractivity contribution in [3.63, 3.8) is 0 Å². The largest absolute Gasteiger partial charge is 0.332 e. The van der Waals surface area contributed by atoms with E-state index in [2.05, 4.69) is 25.5 Å². The molecule has 100 valence electrons. The number of aromatic amines is 1. The number of carbonyl (C=O) groups excluding carboxylic acids is 1. The van der Waals surface area contributed by atoms with Crippen molar-refractivity contribution in [1.29, 1.82) is 0 Å². The molecule has 2 rings (SSSR count). The smallest absolute Gasteiger partial charge is 0.295 e. The normalized spacial score (nSPS) is 16.4. The van der Waals surface area contributed by atoms with Crippen LogP contribution in [0.2, 0.25) is 0 Å². The predicted molar refractivity (Wildman–Crippen MR) is 66.0 cm³/mol. The molecule has 1 aromatic heterocycles. The fourth-order valence-electron chi connectivity index (χ4n) is 2.35. The lowest BCUT2D eigenvalue weighted by Crippen LogP contribution is -2.43. The van der Waals surface area contributed by atoms with Gasteiger partial charge in [0.1, 0.15) is 0 Å². The van der Waals surface area contributed by atoms with Gasteiger partial charge in [0.15, 0.2) is 0 Å². The van der Waals surface area contributed by atoms with Gasteiger partial charge in [0, 0.05) is 19.1 Å². The minimum absolute atomic E-state index is 0.113. The van der Waals surface area contributed by atoms with Gasteiger partial charge in [0.2, 0.25) is 0 Å². The van der Waals surface area contributed by atoms with Gasteiger partial charge in [-0.1, -0.05) is 12.8 Å². The van der Waals surface area contributed by atoms with Gasteiger partial charge >= 0.3 is 0 Å². The number of amides is 1. The molecule has 1 heterocycles. The van der Waals surface area contributed by atoms with Crippen LogP contribution in [0.3, 0.4) is 0 Å². The number of rotatable bonds is 5. The Labute approximate surface area is 107 Å². The third-order valence-corrected chi connectivity index (χ3v) is 3.35. The standard InChI is InChI=1S/C11H20N6O/c1-16(2)7-8-17(9-5-3-4-6-9)11(18)10-12-14-15-13-10/h9H,3-8H2,1-2H3,(H,12,13,14,15). The van der Waals surface area contributed by atoms with Gasteiger partial charge in [-0.2, -0.15) is 5.21 Å². The fraction of sp³-hybridized carbons (Fsp3) is 0.818. The van der Waals surface area contributed by atoms with Crippen molar-refractivity contribution in [2.24, 2.45) is 0 Å². The Kier molecular flexibility index (Phi) is 4.24. The number of carbonyl (C=O) groups is 1. The quantitative estimate of drug-likeness (QED) is 0.807. The second-order valence-electron chi connectivity index (χ2n) is 4.98. The third kappa shape index (κ3) is 3.04. The van der Waals surface area contributed by atoms with Gasteiger partial charge in [0.25, 0.3) is 11.7 Å². The lowest BCUT2D eigenvalue weighted by molar-refractivity contribution is 0.0655. The molecule has 1 N–H and O–H groups in total. The maximum atomic E-state index is 12.3. The molecule has 1 aliphatic rings. The summed E-state index contributed by atoms with van der Waals surface area (Å²) < 4.78 is 0. The van der Waals surface area contributed by atoms with Crippen LogP contribution in [-0.4, -0.2) is 69.6 Å². The molecule has 7 nitrogen and oxygen atoms in total.